The van der Waals surface area contributed by atoms with Gasteiger partial charge in [-0.05, 0) is 47.4 Å². The zero-order valence-electron chi connectivity index (χ0n) is 22.8. The molecule has 1 N–H and O–H groups in total. The fourth-order valence-electron chi connectivity index (χ4n) is 5.31. The zero-order valence-corrected chi connectivity index (χ0v) is 22.8. The smallest absolute Gasteiger partial charge is 0.333 e. The normalized spacial score (nSPS) is 15.8. The summed E-state index contributed by atoms with van der Waals surface area (Å²) in [6.45, 7) is 2.41. The Morgan fingerprint density at radius 1 is 0.930 bits per heavy atom. The highest BCUT2D eigenvalue weighted by molar-refractivity contribution is 6.08. The number of anilines is 1. The van der Waals surface area contributed by atoms with Crippen LogP contribution in [-0.4, -0.2) is 32.8 Å². The van der Waals surface area contributed by atoms with E-state index in [4.69, 9.17) is 0 Å². The van der Waals surface area contributed by atoms with Crippen molar-refractivity contribution in [1.29, 1.82) is 0 Å². The first kappa shape index (κ1) is 29.8. The summed E-state index contributed by atoms with van der Waals surface area (Å²) in [4.78, 5) is 45.1. The van der Waals surface area contributed by atoms with Crippen LogP contribution in [0.15, 0.2) is 65.5 Å². The van der Waals surface area contributed by atoms with Crippen LogP contribution in [0.3, 0.4) is 0 Å². The molecule has 7 nitrogen and oxygen atoms in total. The van der Waals surface area contributed by atoms with Gasteiger partial charge >= 0.3 is 12.4 Å². The highest BCUT2D eigenvalue weighted by Gasteiger charge is 2.38. The molecule has 224 valence electrons. The van der Waals surface area contributed by atoms with Crippen LogP contribution in [0.4, 0.5) is 32.2 Å². The molecule has 13 heteroatoms. The van der Waals surface area contributed by atoms with Crippen LogP contribution in [0.1, 0.15) is 41.0 Å². The Morgan fingerprint density at radius 3 is 2.14 bits per heavy atom. The van der Waals surface area contributed by atoms with Crippen molar-refractivity contribution < 1.29 is 35.9 Å². The molecule has 5 rings (SSSR count). The number of alkyl halides is 6. The summed E-state index contributed by atoms with van der Waals surface area (Å²) in [5.74, 6) is -1.45. The molecule has 0 saturated heterocycles. The highest BCUT2D eigenvalue weighted by atomic mass is 19.4. The molecule has 43 heavy (non-hydrogen) atoms. The number of fused-ring (bicyclic) bond motifs is 2. The number of nitrogens with one attached hydrogen (secondary N) is 1. The number of carbonyl (C=O) groups excluding carboxylic acids is 2. The van der Waals surface area contributed by atoms with E-state index in [2.05, 4.69) is 10.3 Å². The first-order valence-corrected chi connectivity index (χ1v) is 13.1. The van der Waals surface area contributed by atoms with E-state index < -0.39 is 53.3 Å². The Kier molecular flexibility index (Phi) is 7.53. The third-order valence-electron chi connectivity index (χ3n) is 7.02. The fraction of sp³-hybridized carbons (Fsp3) is 0.267. The lowest BCUT2D eigenvalue weighted by atomic mass is 9.97. The Hall–Kier alpha value is -4.68. The minimum atomic E-state index is -5.05. The van der Waals surface area contributed by atoms with Gasteiger partial charge in [0.25, 0.3) is 11.5 Å². The number of aromatic nitrogens is 2. The second-order valence-corrected chi connectivity index (χ2v) is 10.5. The van der Waals surface area contributed by atoms with Gasteiger partial charge in [-0.15, -0.1) is 0 Å². The van der Waals surface area contributed by atoms with E-state index in [9.17, 15) is 40.7 Å². The fourth-order valence-corrected chi connectivity index (χ4v) is 5.31. The van der Waals surface area contributed by atoms with Crippen LogP contribution in [0.5, 0.6) is 0 Å². The number of benzene rings is 2. The van der Waals surface area contributed by atoms with Crippen LogP contribution >= 0.6 is 0 Å². The van der Waals surface area contributed by atoms with Gasteiger partial charge in [0.1, 0.15) is 17.0 Å². The number of hydrogen-bond donors (Lipinski definition) is 1. The number of nitrogens with zero attached hydrogens (tertiary/aromatic N) is 3. The predicted molar refractivity (Wildman–Crippen MR) is 146 cm³/mol. The minimum Gasteiger partial charge on any atom is -0.333 e. The second kappa shape index (κ2) is 10.9. The molecule has 0 spiro atoms. The van der Waals surface area contributed by atoms with Crippen molar-refractivity contribution in [3.05, 3.63) is 93.4 Å². The molecule has 1 aliphatic heterocycles. The molecule has 2 aromatic heterocycles. The molecule has 2 aromatic carbocycles. The topological polar surface area (TPSA) is 84.3 Å². The summed E-state index contributed by atoms with van der Waals surface area (Å²) in [6.07, 6.45) is -10.1. The summed E-state index contributed by atoms with van der Waals surface area (Å²) in [5.41, 5.74) is -3.19. The first-order chi connectivity index (χ1) is 20.1. The summed E-state index contributed by atoms with van der Waals surface area (Å²) >= 11 is 0. The first-order valence-electron chi connectivity index (χ1n) is 13.1. The van der Waals surface area contributed by atoms with Gasteiger partial charge in [0.2, 0.25) is 5.91 Å². The van der Waals surface area contributed by atoms with Crippen LogP contribution in [0.2, 0.25) is 0 Å². The monoisotopic (exact) mass is 602 g/mol. The maximum Gasteiger partial charge on any atom is 0.416 e. The lowest BCUT2D eigenvalue weighted by Gasteiger charge is -2.25. The van der Waals surface area contributed by atoms with Crippen LogP contribution < -0.4 is 10.9 Å². The number of amides is 2. The SMILES string of the molecule is CC(=O)Nc1ccc2c(-c3ccccc3)c3n(c(=O)c2n1)C[C@@H](C)CN(Cc1cc(C(F)(F)F)cc(C(F)(F)F)c1)C3=O. The molecule has 1 atom stereocenters. The number of carbonyl (C=O) groups is 2. The molecule has 0 bridgehead atoms. The number of hydrogen-bond acceptors (Lipinski definition) is 4. The predicted octanol–water partition coefficient (Wildman–Crippen LogP) is 6.35. The van der Waals surface area contributed by atoms with Gasteiger partial charge in [-0.1, -0.05) is 37.3 Å². The van der Waals surface area contributed by atoms with Gasteiger partial charge < -0.3 is 14.8 Å². The van der Waals surface area contributed by atoms with Gasteiger partial charge in [-0.25, -0.2) is 4.98 Å². The molecule has 4 aromatic rings. The number of pyridine rings is 2. The summed E-state index contributed by atoms with van der Waals surface area (Å²) in [6, 6.07) is 12.8. The average molecular weight is 603 g/mol. The van der Waals surface area contributed by atoms with Crippen LogP contribution in [0.25, 0.3) is 22.0 Å². The average Bonchev–Trinajstić information content (AvgIpc) is 3.04. The van der Waals surface area contributed by atoms with E-state index in [-0.39, 0.29) is 47.1 Å². The Balaban J connectivity index is 1.71. The third-order valence-corrected chi connectivity index (χ3v) is 7.02. The Morgan fingerprint density at radius 2 is 1.56 bits per heavy atom. The standard InChI is InChI=1S/C30H24F6N4O3/c1-16-13-39(15-18-10-20(29(31,32)33)12-21(11-18)30(34,35)36)28(43)26-24(19-6-4-3-5-7-19)22-8-9-23(37-17(2)41)38-25(22)27(42)40(26)14-16/h3-12,16H,13-15H2,1-2H3,(H,37,38,41)/t16-/m0/s1. The van der Waals surface area contributed by atoms with Crippen molar-refractivity contribution >= 4 is 28.5 Å². The van der Waals surface area contributed by atoms with Crippen molar-refractivity contribution in [2.24, 2.45) is 5.92 Å². The van der Waals surface area contributed by atoms with Crippen molar-refractivity contribution in [1.82, 2.24) is 14.5 Å². The summed E-state index contributed by atoms with van der Waals surface area (Å²) in [7, 11) is 0. The highest BCUT2D eigenvalue weighted by Crippen LogP contribution is 2.38. The second-order valence-electron chi connectivity index (χ2n) is 10.5. The van der Waals surface area contributed by atoms with E-state index in [1.54, 1.807) is 37.3 Å². The molecular formula is C30H24F6N4O3. The molecule has 2 amide bonds. The summed E-state index contributed by atoms with van der Waals surface area (Å²) < 4.78 is 82.4. The maximum atomic E-state index is 14.2. The molecule has 1 aliphatic rings. The van der Waals surface area contributed by atoms with Crippen LogP contribution in [-0.2, 0) is 30.2 Å². The van der Waals surface area contributed by atoms with Crippen molar-refractivity contribution in [3.63, 3.8) is 0 Å². The summed E-state index contributed by atoms with van der Waals surface area (Å²) in [5, 5.41) is 2.81. The van der Waals surface area contributed by atoms with Crippen molar-refractivity contribution in [2.45, 2.75) is 39.3 Å². The van der Waals surface area contributed by atoms with Gasteiger partial charge in [0.05, 0.1) is 11.1 Å². The van der Waals surface area contributed by atoms with Gasteiger partial charge in [0, 0.05) is 37.5 Å². The van der Waals surface area contributed by atoms with Crippen LogP contribution in [0, 0.1) is 5.92 Å². The molecule has 0 fully saturated rings. The molecule has 0 aliphatic carbocycles. The van der Waals surface area contributed by atoms with Crippen molar-refractivity contribution in [3.8, 4) is 11.1 Å². The largest absolute Gasteiger partial charge is 0.416 e. The van der Waals surface area contributed by atoms with E-state index >= 15 is 0 Å². The van der Waals surface area contributed by atoms with Gasteiger partial charge in [-0.3, -0.25) is 14.4 Å². The van der Waals surface area contributed by atoms with Gasteiger partial charge in [-0.2, -0.15) is 26.3 Å². The lowest BCUT2D eigenvalue weighted by molar-refractivity contribution is -0.143. The third kappa shape index (κ3) is 5.97. The molecule has 0 unspecified atom stereocenters. The van der Waals surface area contributed by atoms with Gasteiger partial charge in [0.15, 0.2) is 0 Å². The molecule has 0 radical (unpaired) electrons. The van der Waals surface area contributed by atoms with E-state index in [0.29, 0.717) is 23.3 Å². The number of halogens is 6. The van der Waals surface area contributed by atoms with E-state index in [0.717, 1.165) is 4.90 Å². The molecule has 0 saturated carbocycles. The maximum absolute atomic E-state index is 14.2. The van der Waals surface area contributed by atoms with E-state index in [1.165, 1.54) is 23.6 Å². The quantitative estimate of drug-likeness (QED) is 0.276. The minimum absolute atomic E-state index is 0.0185. The Bertz CT molecular complexity index is 1770. The molecule has 3 heterocycles. The molecular weight excluding hydrogens is 578 g/mol. The zero-order chi connectivity index (χ0) is 31.3. The lowest BCUT2D eigenvalue weighted by Crippen LogP contribution is -2.34. The number of rotatable bonds is 4. The van der Waals surface area contributed by atoms with Crippen molar-refractivity contribution in [2.75, 3.05) is 11.9 Å². The Labute approximate surface area is 240 Å². The van der Waals surface area contributed by atoms with E-state index in [1.807, 2.05) is 0 Å².